The number of nitrogens with zero attached hydrogens (tertiary/aromatic N) is 3. The van der Waals surface area contributed by atoms with Gasteiger partial charge >= 0.3 is 5.69 Å². The lowest BCUT2D eigenvalue weighted by molar-refractivity contribution is 0.690. The first kappa shape index (κ1) is 13.0. The molecule has 0 saturated carbocycles. The highest BCUT2D eigenvalue weighted by molar-refractivity contribution is 7.14. The molecule has 0 atom stereocenters. The second-order valence-electron chi connectivity index (χ2n) is 4.98. The number of rotatable bonds is 2. The SMILES string of the molecule is N=c1sc2nc3ccccc3n2c(=O)n1Cc1ccccc1. The van der Waals surface area contributed by atoms with Crippen LogP contribution in [0.25, 0.3) is 16.0 Å². The van der Waals surface area contributed by atoms with E-state index in [1.165, 1.54) is 15.9 Å². The Morgan fingerprint density at radius 3 is 2.59 bits per heavy atom. The van der Waals surface area contributed by atoms with Gasteiger partial charge in [0.1, 0.15) is 0 Å². The Balaban J connectivity index is 2.01. The lowest BCUT2D eigenvalue weighted by atomic mass is 10.2. The summed E-state index contributed by atoms with van der Waals surface area (Å²) in [6.07, 6.45) is 0. The molecule has 108 valence electrons. The third kappa shape index (κ3) is 1.96. The molecule has 0 bridgehead atoms. The normalized spacial score (nSPS) is 11.3. The van der Waals surface area contributed by atoms with E-state index >= 15 is 0 Å². The van der Waals surface area contributed by atoms with Crippen LogP contribution in [0.5, 0.6) is 0 Å². The summed E-state index contributed by atoms with van der Waals surface area (Å²) >= 11 is 1.21. The van der Waals surface area contributed by atoms with Crippen LogP contribution in [0.15, 0.2) is 59.4 Å². The molecule has 2 heterocycles. The molecular weight excluding hydrogens is 296 g/mol. The van der Waals surface area contributed by atoms with E-state index in [-0.39, 0.29) is 10.5 Å². The number of para-hydroxylation sites is 2. The van der Waals surface area contributed by atoms with Crippen LogP contribution in [0, 0.1) is 5.41 Å². The van der Waals surface area contributed by atoms with Gasteiger partial charge < -0.3 is 0 Å². The Morgan fingerprint density at radius 1 is 1.05 bits per heavy atom. The van der Waals surface area contributed by atoms with E-state index < -0.39 is 0 Å². The van der Waals surface area contributed by atoms with Gasteiger partial charge in [-0.1, -0.05) is 53.8 Å². The van der Waals surface area contributed by atoms with Crippen LogP contribution in [0.1, 0.15) is 5.56 Å². The Morgan fingerprint density at radius 2 is 1.77 bits per heavy atom. The monoisotopic (exact) mass is 308 g/mol. The van der Waals surface area contributed by atoms with E-state index in [0.29, 0.717) is 11.5 Å². The minimum absolute atomic E-state index is 0.205. The molecule has 0 fully saturated rings. The molecular formula is C16H12N4OS. The number of hydrogen-bond donors (Lipinski definition) is 1. The summed E-state index contributed by atoms with van der Waals surface area (Å²) in [5, 5.41) is 8.14. The Kier molecular flexibility index (Phi) is 2.90. The van der Waals surface area contributed by atoms with Crippen LogP contribution in [0.4, 0.5) is 0 Å². The van der Waals surface area contributed by atoms with E-state index in [4.69, 9.17) is 5.41 Å². The molecule has 0 aliphatic carbocycles. The predicted molar refractivity (Wildman–Crippen MR) is 86.2 cm³/mol. The number of nitrogens with one attached hydrogen (secondary N) is 1. The summed E-state index contributed by atoms with van der Waals surface area (Å²) < 4.78 is 3.06. The number of aromatic nitrogens is 3. The fourth-order valence-corrected chi connectivity index (χ4v) is 3.35. The van der Waals surface area contributed by atoms with Crippen LogP contribution in [0.3, 0.4) is 0 Å². The van der Waals surface area contributed by atoms with Crippen molar-refractivity contribution in [3.63, 3.8) is 0 Å². The lowest BCUT2D eigenvalue weighted by Gasteiger charge is -2.06. The molecule has 1 N–H and O–H groups in total. The molecule has 0 aliphatic rings. The maximum absolute atomic E-state index is 12.8. The highest BCUT2D eigenvalue weighted by atomic mass is 32.1. The van der Waals surface area contributed by atoms with Crippen LogP contribution in [0.2, 0.25) is 0 Å². The zero-order chi connectivity index (χ0) is 15.1. The van der Waals surface area contributed by atoms with Crippen molar-refractivity contribution in [2.24, 2.45) is 0 Å². The molecule has 6 heteroatoms. The second-order valence-corrected chi connectivity index (χ2v) is 5.94. The van der Waals surface area contributed by atoms with Gasteiger partial charge in [0.15, 0.2) is 4.80 Å². The summed E-state index contributed by atoms with van der Waals surface area (Å²) in [5.74, 6) is 0. The standard InChI is InChI=1S/C16H12N4OS/c17-14-19(10-11-6-2-1-3-7-11)16(21)20-13-9-5-4-8-12(13)18-15(20)22-14/h1-9,17H,10H2. The van der Waals surface area contributed by atoms with Crippen molar-refractivity contribution >= 4 is 27.3 Å². The largest absolute Gasteiger partial charge is 0.337 e. The van der Waals surface area contributed by atoms with E-state index in [1.54, 1.807) is 4.40 Å². The number of hydrogen-bond acceptors (Lipinski definition) is 4. The van der Waals surface area contributed by atoms with Crippen molar-refractivity contribution in [2.45, 2.75) is 6.54 Å². The van der Waals surface area contributed by atoms with Gasteiger partial charge in [-0.25, -0.2) is 14.2 Å². The molecule has 0 spiro atoms. The van der Waals surface area contributed by atoms with Gasteiger partial charge in [0.25, 0.3) is 0 Å². The van der Waals surface area contributed by atoms with Gasteiger partial charge in [0, 0.05) is 0 Å². The van der Waals surface area contributed by atoms with Crippen LogP contribution < -0.4 is 10.5 Å². The first-order chi connectivity index (χ1) is 10.7. The van der Waals surface area contributed by atoms with Crippen molar-refractivity contribution in [3.05, 3.63) is 75.4 Å². The lowest BCUT2D eigenvalue weighted by Crippen LogP contribution is -2.35. The second kappa shape index (κ2) is 4.92. The van der Waals surface area contributed by atoms with Gasteiger partial charge in [-0.05, 0) is 17.7 Å². The average Bonchev–Trinajstić information content (AvgIpc) is 2.90. The summed E-state index contributed by atoms with van der Waals surface area (Å²) in [7, 11) is 0. The minimum Gasteiger partial charge on any atom is -0.275 e. The number of benzene rings is 2. The predicted octanol–water partition coefficient (Wildman–Crippen LogP) is 2.24. The molecule has 5 nitrogen and oxygen atoms in total. The van der Waals surface area contributed by atoms with Crippen molar-refractivity contribution in [2.75, 3.05) is 0 Å². The third-order valence-electron chi connectivity index (χ3n) is 3.57. The summed E-state index contributed by atoms with van der Waals surface area (Å²) in [6, 6.07) is 17.2. The fourth-order valence-electron chi connectivity index (χ4n) is 2.51. The Hall–Kier alpha value is -2.73. The van der Waals surface area contributed by atoms with Crippen molar-refractivity contribution in [1.29, 1.82) is 5.41 Å². The summed E-state index contributed by atoms with van der Waals surface area (Å²) in [6.45, 7) is 0.386. The van der Waals surface area contributed by atoms with Crippen LogP contribution >= 0.6 is 11.3 Å². The van der Waals surface area contributed by atoms with Gasteiger partial charge in [-0.3, -0.25) is 9.98 Å². The molecule has 22 heavy (non-hydrogen) atoms. The molecule has 0 amide bonds. The fraction of sp³-hybridized carbons (Fsp3) is 0.0625. The molecule has 0 aliphatic heterocycles. The maximum atomic E-state index is 12.8. The quantitative estimate of drug-likeness (QED) is 0.617. The van der Waals surface area contributed by atoms with E-state index in [1.807, 2.05) is 54.6 Å². The highest BCUT2D eigenvalue weighted by Gasteiger charge is 2.11. The summed E-state index contributed by atoms with van der Waals surface area (Å²) in [5.41, 5.74) is 2.32. The molecule has 0 unspecified atom stereocenters. The molecule has 4 aromatic rings. The molecule has 2 aromatic heterocycles. The van der Waals surface area contributed by atoms with E-state index in [0.717, 1.165) is 16.6 Å². The van der Waals surface area contributed by atoms with E-state index in [2.05, 4.69) is 4.98 Å². The van der Waals surface area contributed by atoms with Crippen molar-refractivity contribution in [3.8, 4) is 0 Å². The highest BCUT2D eigenvalue weighted by Crippen LogP contribution is 2.15. The Labute approximate surface area is 129 Å². The topological polar surface area (TPSA) is 63.2 Å². The third-order valence-corrected chi connectivity index (χ3v) is 4.44. The number of fused-ring (bicyclic) bond motifs is 3. The zero-order valence-corrected chi connectivity index (χ0v) is 12.4. The molecule has 0 saturated heterocycles. The smallest absolute Gasteiger partial charge is 0.275 e. The summed E-state index contributed by atoms with van der Waals surface area (Å²) in [4.78, 5) is 18.0. The van der Waals surface area contributed by atoms with Gasteiger partial charge in [-0.2, -0.15) is 0 Å². The van der Waals surface area contributed by atoms with Crippen LogP contribution in [-0.4, -0.2) is 14.0 Å². The first-order valence-electron chi connectivity index (χ1n) is 6.84. The van der Waals surface area contributed by atoms with Gasteiger partial charge in [0.05, 0.1) is 17.6 Å². The average molecular weight is 308 g/mol. The first-order valence-corrected chi connectivity index (χ1v) is 7.65. The van der Waals surface area contributed by atoms with Gasteiger partial charge in [-0.15, -0.1) is 0 Å². The number of imidazole rings is 1. The maximum Gasteiger partial charge on any atom is 0.337 e. The van der Waals surface area contributed by atoms with Crippen molar-refractivity contribution < 1.29 is 0 Å². The van der Waals surface area contributed by atoms with E-state index in [9.17, 15) is 4.79 Å². The van der Waals surface area contributed by atoms with Crippen molar-refractivity contribution in [1.82, 2.24) is 14.0 Å². The minimum atomic E-state index is -0.226. The molecule has 4 rings (SSSR count). The van der Waals surface area contributed by atoms with Gasteiger partial charge in [0.2, 0.25) is 4.96 Å². The van der Waals surface area contributed by atoms with Crippen LogP contribution in [-0.2, 0) is 6.54 Å². The molecule has 0 radical (unpaired) electrons. The Bertz CT molecular complexity index is 1090. The molecule has 2 aromatic carbocycles. The zero-order valence-electron chi connectivity index (χ0n) is 11.6.